The molecule has 2 saturated carbocycles. The van der Waals surface area contributed by atoms with Crippen LogP contribution in [0.25, 0.3) is 0 Å². The van der Waals surface area contributed by atoms with Crippen molar-refractivity contribution < 1.29 is 20.1 Å². The maximum atomic E-state index is 13.9. The molecule has 6 rings (SSSR count). The summed E-state index contributed by atoms with van der Waals surface area (Å²) in [5, 5.41) is 2.94. The number of ether oxygens (including phenoxy) is 1. The Labute approximate surface area is 225 Å². The molecule has 1 aliphatic heterocycles. The molecule has 7 heteroatoms. The van der Waals surface area contributed by atoms with E-state index in [1.54, 1.807) is 12.1 Å². The van der Waals surface area contributed by atoms with Crippen molar-refractivity contribution in [1.82, 2.24) is 4.98 Å². The van der Waals surface area contributed by atoms with Gasteiger partial charge in [0.15, 0.2) is 0 Å². The van der Waals surface area contributed by atoms with Crippen molar-refractivity contribution in [3.63, 3.8) is 0 Å². The smallest absolute Gasteiger partial charge is 0.225 e. The van der Waals surface area contributed by atoms with Crippen LogP contribution in [-0.4, -0.2) is 43.0 Å². The van der Waals surface area contributed by atoms with Gasteiger partial charge in [0.1, 0.15) is 17.4 Å². The van der Waals surface area contributed by atoms with Gasteiger partial charge in [0, 0.05) is 32.8 Å². The predicted octanol–water partition coefficient (Wildman–Crippen LogP) is 5.76. The summed E-state index contributed by atoms with van der Waals surface area (Å²) in [6.07, 6.45) is 8.36. The third-order valence-corrected chi connectivity index (χ3v) is 9.90. The molecule has 2 heterocycles. The van der Waals surface area contributed by atoms with E-state index in [2.05, 4.69) is 22.1 Å². The van der Waals surface area contributed by atoms with Gasteiger partial charge < -0.3 is 15.0 Å². The van der Waals surface area contributed by atoms with Crippen LogP contribution in [0.5, 0.6) is 0 Å². The lowest BCUT2D eigenvalue weighted by molar-refractivity contribution is -0.129. The average Bonchev–Trinajstić information content (AvgIpc) is 3.18. The summed E-state index contributed by atoms with van der Waals surface area (Å²) >= 11 is 0. The first-order chi connectivity index (χ1) is 18.4. The Bertz CT molecular complexity index is 1200. The molecule has 1 aromatic heterocycles. The summed E-state index contributed by atoms with van der Waals surface area (Å²) in [7, 11) is 0. The maximum Gasteiger partial charge on any atom is 0.225 e. The first-order valence-corrected chi connectivity index (χ1v) is 14.3. The zero-order valence-electron chi connectivity index (χ0n) is 22.3. The molecular weight excluding hydrogens is 481 g/mol. The first-order valence-electron chi connectivity index (χ1n) is 14.3. The summed E-state index contributed by atoms with van der Waals surface area (Å²) in [5.41, 5.74) is 3.24. The van der Waals surface area contributed by atoms with Gasteiger partial charge in [-0.2, -0.15) is 0 Å². The number of fused-ring (bicyclic) bond motifs is 5. The predicted molar refractivity (Wildman–Crippen MR) is 147 cm³/mol. The maximum absolute atomic E-state index is 13.9. The van der Waals surface area contributed by atoms with E-state index in [1.807, 2.05) is 24.4 Å². The van der Waals surface area contributed by atoms with Crippen LogP contribution in [0.15, 0.2) is 36.5 Å². The number of Topliss-reactive ketones (excluding diaryl/α,β-unsaturated/α-hetero) is 1. The molecule has 1 N–H and O–H groups in total. The molecule has 1 amide bonds. The summed E-state index contributed by atoms with van der Waals surface area (Å²) < 4.78 is 19.3. The molecule has 2 aromatic rings. The molecule has 204 valence electrons. The number of nitrogens with one attached hydrogen (secondary N) is 1. The number of ketones is 1. The second-order valence-corrected chi connectivity index (χ2v) is 12.0. The number of aromatic nitrogens is 1. The number of anilines is 2. The highest BCUT2D eigenvalue weighted by Crippen LogP contribution is 2.62. The summed E-state index contributed by atoms with van der Waals surface area (Å²) in [5.74, 6) is 2.35. The molecule has 5 atom stereocenters. The Balaban J connectivity index is 0.00000308. The third kappa shape index (κ3) is 4.74. The van der Waals surface area contributed by atoms with Crippen molar-refractivity contribution in [2.24, 2.45) is 23.2 Å². The van der Waals surface area contributed by atoms with Crippen LogP contribution in [0, 0.1) is 29.0 Å². The van der Waals surface area contributed by atoms with Gasteiger partial charge in [-0.3, -0.25) is 9.59 Å². The lowest BCUT2D eigenvalue weighted by Crippen LogP contribution is -2.44. The number of halogens is 1. The van der Waals surface area contributed by atoms with E-state index in [4.69, 9.17) is 4.74 Å². The fraction of sp³-hybridized carbons (Fsp3) is 0.581. The standard InChI is InChI=1S/C31H38FN3O3.H2/c1-31-12-11-25-24-9-6-22(32)17-20(24)5-8-26(25)30(31)21(18-27(31)36)3-2-4-29(37)34-28-10-7-23(19-33-28)35-13-15-38-16-14-35;/h6-7,9-10,17,19,21,25-26,30H,2-5,8,11-16,18H2,1H3,(H,33,34,37);1H/t21-,25?,26?,30?,31-;/m1./s1. The average molecular weight is 522 g/mol. The van der Waals surface area contributed by atoms with Crippen LogP contribution < -0.4 is 10.2 Å². The topological polar surface area (TPSA) is 71.5 Å². The van der Waals surface area contributed by atoms with E-state index in [1.165, 1.54) is 5.56 Å². The molecule has 1 saturated heterocycles. The van der Waals surface area contributed by atoms with E-state index in [-0.39, 0.29) is 18.6 Å². The van der Waals surface area contributed by atoms with Crippen molar-refractivity contribution in [1.29, 1.82) is 0 Å². The zero-order chi connectivity index (χ0) is 26.3. The van der Waals surface area contributed by atoms with Gasteiger partial charge in [0.2, 0.25) is 5.91 Å². The summed E-state index contributed by atoms with van der Waals surface area (Å²) in [6, 6.07) is 9.14. The number of morpholine rings is 1. The number of rotatable bonds is 6. The Kier molecular flexibility index (Phi) is 6.97. The van der Waals surface area contributed by atoms with Crippen LogP contribution >= 0.6 is 0 Å². The van der Waals surface area contributed by atoms with E-state index in [0.717, 1.165) is 76.1 Å². The van der Waals surface area contributed by atoms with Crippen LogP contribution in [-0.2, 0) is 20.7 Å². The molecule has 3 fully saturated rings. The number of carbonyl (C=O) groups excluding carboxylic acids is 2. The quantitative estimate of drug-likeness (QED) is 0.523. The minimum atomic E-state index is -0.252. The van der Waals surface area contributed by atoms with Crippen LogP contribution in [0.2, 0.25) is 0 Å². The number of benzene rings is 1. The Morgan fingerprint density at radius 2 is 2.08 bits per heavy atom. The second kappa shape index (κ2) is 10.4. The van der Waals surface area contributed by atoms with Gasteiger partial charge in [-0.15, -0.1) is 0 Å². The van der Waals surface area contributed by atoms with Gasteiger partial charge >= 0.3 is 0 Å². The fourth-order valence-corrected chi connectivity index (χ4v) is 8.07. The molecule has 4 aliphatic rings. The minimum absolute atomic E-state index is 0. The number of pyridine rings is 1. The minimum Gasteiger partial charge on any atom is -0.378 e. The van der Waals surface area contributed by atoms with Crippen molar-refractivity contribution in [2.75, 3.05) is 36.5 Å². The molecule has 38 heavy (non-hydrogen) atoms. The van der Waals surface area contributed by atoms with Crippen molar-refractivity contribution >= 4 is 23.2 Å². The highest BCUT2D eigenvalue weighted by atomic mass is 19.1. The van der Waals surface area contributed by atoms with Gasteiger partial charge in [-0.05, 0) is 97.6 Å². The second-order valence-electron chi connectivity index (χ2n) is 12.0. The van der Waals surface area contributed by atoms with E-state index in [9.17, 15) is 14.0 Å². The number of hydrogen-bond donors (Lipinski definition) is 1. The van der Waals surface area contributed by atoms with Crippen molar-refractivity contribution in [2.45, 2.75) is 64.2 Å². The highest BCUT2D eigenvalue weighted by molar-refractivity contribution is 5.90. The Morgan fingerprint density at radius 1 is 1.24 bits per heavy atom. The lowest BCUT2D eigenvalue weighted by Gasteiger charge is -2.50. The highest BCUT2D eigenvalue weighted by Gasteiger charge is 2.58. The van der Waals surface area contributed by atoms with Gasteiger partial charge in [-0.1, -0.05) is 13.0 Å². The Hall–Kier alpha value is -2.80. The number of nitrogens with zero attached hydrogens (tertiary/aromatic N) is 2. The SMILES string of the molecule is C[C@]12CCC3c4ccc(F)cc4CCC3C1[C@H](CCCC(=O)Nc1ccc(N3CCOCC3)cn1)CC2=O.[HH]. The molecule has 0 radical (unpaired) electrons. The molecule has 0 bridgehead atoms. The van der Waals surface area contributed by atoms with Crippen molar-refractivity contribution in [3.05, 3.63) is 53.5 Å². The first kappa shape index (κ1) is 25.5. The van der Waals surface area contributed by atoms with Gasteiger partial charge in [-0.25, -0.2) is 9.37 Å². The molecule has 3 unspecified atom stereocenters. The Morgan fingerprint density at radius 3 is 2.87 bits per heavy atom. The summed E-state index contributed by atoms with van der Waals surface area (Å²) in [4.78, 5) is 32.6. The lowest BCUT2D eigenvalue weighted by atomic mass is 9.54. The number of hydrogen-bond acceptors (Lipinski definition) is 5. The van der Waals surface area contributed by atoms with Crippen LogP contribution in [0.4, 0.5) is 15.9 Å². The molecule has 1 aromatic carbocycles. The molecule has 0 spiro atoms. The molecular formula is C31H40FN3O3. The fourth-order valence-electron chi connectivity index (χ4n) is 8.07. The van der Waals surface area contributed by atoms with Gasteiger partial charge in [0.05, 0.1) is 25.1 Å². The monoisotopic (exact) mass is 521 g/mol. The number of aryl methyl sites for hydroxylation is 1. The van der Waals surface area contributed by atoms with E-state index < -0.39 is 0 Å². The van der Waals surface area contributed by atoms with E-state index >= 15 is 0 Å². The zero-order valence-corrected chi connectivity index (χ0v) is 22.3. The van der Waals surface area contributed by atoms with Crippen molar-refractivity contribution in [3.8, 4) is 0 Å². The van der Waals surface area contributed by atoms with E-state index in [0.29, 0.717) is 48.1 Å². The summed E-state index contributed by atoms with van der Waals surface area (Å²) in [6.45, 7) is 5.34. The third-order valence-electron chi connectivity index (χ3n) is 9.90. The molecule has 6 nitrogen and oxygen atoms in total. The molecule has 3 aliphatic carbocycles. The normalized spacial score (nSPS) is 30.4. The largest absolute Gasteiger partial charge is 0.378 e. The number of carbonyl (C=O) groups is 2. The van der Waals surface area contributed by atoms with Gasteiger partial charge in [0.25, 0.3) is 0 Å². The van der Waals surface area contributed by atoms with Crippen LogP contribution in [0.1, 0.15) is 70.3 Å². The number of amides is 1. The van der Waals surface area contributed by atoms with Crippen LogP contribution in [0.3, 0.4) is 0 Å².